The van der Waals surface area contributed by atoms with Crippen LogP contribution in [0.25, 0.3) is 0 Å². The zero-order valence-electron chi connectivity index (χ0n) is 12.8. The topological polar surface area (TPSA) is 69.6 Å². The van der Waals surface area contributed by atoms with Crippen molar-refractivity contribution in [3.63, 3.8) is 0 Å². The van der Waals surface area contributed by atoms with Gasteiger partial charge in [-0.3, -0.25) is 9.59 Å². The van der Waals surface area contributed by atoms with Gasteiger partial charge in [0.1, 0.15) is 5.82 Å². The third kappa shape index (κ3) is 3.62. The van der Waals surface area contributed by atoms with Gasteiger partial charge in [-0.15, -0.1) is 0 Å². The summed E-state index contributed by atoms with van der Waals surface area (Å²) in [5.74, 6) is -1.46. The molecule has 2 unspecified atom stereocenters. The predicted molar refractivity (Wildman–Crippen MR) is 80.9 cm³/mol. The number of halogens is 1. The molecule has 1 aliphatic rings. The van der Waals surface area contributed by atoms with Crippen molar-refractivity contribution in [2.75, 3.05) is 24.6 Å². The number of anilines is 1. The van der Waals surface area contributed by atoms with E-state index < -0.39 is 11.7 Å². The van der Waals surface area contributed by atoms with Crippen LogP contribution in [0.5, 0.6) is 0 Å². The molecule has 120 valence electrons. The number of carbonyl (C=O) groups excluding carboxylic acids is 2. The summed E-state index contributed by atoms with van der Waals surface area (Å²) in [6, 6.07) is 4.68. The summed E-state index contributed by atoms with van der Waals surface area (Å²) in [6.07, 6.45) is 0.0760. The molecule has 1 saturated heterocycles. The van der Waals surface area contributed by atoms with E-state index in [2.05, 4.69) is 5.32 Å². The Labute approximate surface area is 129 Å². The highest BCUT2D eigenvalue weighted by molar-refractivity contribution is 6.00. The van der Waals surface area contributed by atoms with Crippen LogP contribution in [-0.2, 0) is 9.59 Å². The minimum absolute atomic E-state index is 0.00935. The van der Waals surface area contributed by atoms with Gasteiger partial charge in [0.2, 0.25) is 11.8 Å². The van der Waals surface area contributed by atoms with Crippen molar-refractivity contribution >= 4 is 17.5 Å². The summed E-state index contributed by atoms with van der Waals surface area (Å²) in [7, 11) is 0. The number of benzene rings is 1. The van der Waals surface area contributed by atoms with Crippen molar-refractivity contribution in [3.05, 3.63) is 29.6 Å². The largest absolute Gasteiger partial charge is 0.396 e. The number of hydrogen-bond acceptors (Lipinski definition) is 3. The maximum Gasteiger partial charge on any atom is 0.227 e. The van der Waals surface area contributed by atoms with Gasteiger partial charge in [-0.05, 0) is 30.5 Å². The lowest BCUT2D eigenvalue weighted by Crippen LogP contribution is -2.36. The van der Waals surface area contributed by atoms with Gasteiger partial charge in [-0.1, -0.05) is 13.0 Å². The predicted octanol–water partition coefficient (Wildman–Crippen LogP) is 1.23. The molecule has 6 heteroatoms. The summed E-state index contributed by atoms with van der Waals surface area (Å²) in [5, 5.41) is 11.7. The first kappa shape index (κ1) is 16.4. The lowest BCUT2D eigenvalue weighted by atomic mass is 10.1. The Kier molecular flexibility index (Phi) is 5.13. The molecular weight excluding hydrogens is 287 g/mol. The molecule has 0 spiro atoms. The lowest BCUT2D eigenvalue weighted by Gasteiger charge is -2.18. The highest BCUT2D eigenvalue weighted by atomic mass is 19.1. The quantitative estimate of drug-likeness (QED) is 0.859. The summed E-state index contributed by atoms with van der Waals surface area (Å²) in [6.45, 7) is 4.12. The Hall–Kier alpha value is -1.95. The van der Waals surface area contributed by atoms with E-state index >= 15 is 0 Å². The Morgan fingerprint density at radius 3 is 2.91 bits per heavy atom. The molecule has 0 saturated carbocycles. The number of rotatable bonds is 5. The smallest absolute Gasteiger partial charge is 0.227 e. The van der Waals surface area contributed by atoms with Crippen molar-refractivity contribution in [3.8, 4) is 0 Å². The third-order valence-electron chi connectivity index (χ3n) is 3.83. The van der Waals surface area contributed by atoms with Gasteiger partial charge in [-0.25, -0.2) is 4.39 Å². The number of aryl methyl sites for hydroxylation is 1. The minimum Gasteiger partial charge on any atom is -0.396 e. The van der Waals surface area contributed by atoms with Crippen LogP contribution in [-0.4, -0.2) is 36.6 Å². The number of carbonyl (C=O) groups is 2. The normalized spacial score (nSPS) is 19.4. The van der Waals surface area contributed by atoms with Gasteiger partial charge in [0, 0.05) is 26.1 Å². The fourth-order valence-electron chi connectivity index (χ4n) is 2.43. The van der Waals surface area contributed by atoms with Gasteiger partial charge in [0.25, 0.3) is 0 Å². The van der Waals surface area contributed by atoms with Crippen LogP contribution in [0.2, 0.25) is 0 Å². The van der Waals surface area contributed by atoms with E-state index in [0.29, 0.717) is 6.54 Å². The van der Waals surface area contributed by atoms with Crippen molar-refractivity contribution in [2.24, 2.45) is 11.8 Å². The van der Waals surface area contributed by atoms with E-state index in [9.17, 15) is 14.0 Å². The van der Waals surface area contributed by atoms with E-state index in [4.69, 9.17) is 5.11 Å². The molecule has 1 heterocycles. The highest BCUT2D eigenvalue weighted by Crippen LogP contribution is 2.28. The maximum atomic E-state index is 14.0. The second kappa shape index (κ2) is 6.87. The molecule has 5 nitrogen and oxygen atoms in total. The van der Waals surface area contributed by atoms with Crippen LogP contribution in [0.3, 0.4) is 0 Å². The molecule has 2 rings (SSSR count). The average molecular weight is 308 g/mol. The number of aliphatic hydroxyl groups excluding tert-OH is 1. The minimum atomic E-state index is -0.487. The van der Waals surface area contributed by atoms with E-state index in [1.807, 2.05) is 6.92 Å². The summed E-state index contributed by atoms with van der Waals surface area (Å²) in [4.78, 5) is 25.4. The van der Waals surface area contributed by atoms with E-state index in [1.54, 1.807) is 19.1 Å². The Morgan fingerprint density at radius 1 is 1.55 bits per heavy atom. The number of aliphatic hydroxyl groups is 1. The molecule has 2 N–H and O–H groups in total. The molecule has 2 atom stereocenters. The van der Waals surface area contributed by atoms with Gasteiger partial charge < -0.3 is 15.3 Å². The first-order valence-corrected chi connectivity index (χ1v) is 7.37. The van der Waals surface area contributed by atoms with Crippen LogP contribution in [0, 0.1) is 24.6 Å². The first-order chi connectivity index (χ1) is 10.4. The summed E-state index contributed by atoms with van der Waals surface area (Å²) >= 11 is 0. The van der Waals surface area contributed by atoms with Crippen LogP contribution < -0.4 is 10.2 Å². The molecule has 22 heavy (non-hydrogen) atoms. The standard InChI is InChI=1S/C16H21FN2O3/c1-10-3-4-14(13(17)5-10)19-8-12(6-15(19)21)16(22)18-7-11(2)9-20/h3-5,11-12,20H,6-9H2,1-2H3,(H,18,22). The Bertz CT molecular complexity index is 577. The molecule has 0 aromatic heterocycles. The molecule has 1 aliphatic heterocycles. The Morgan fingerprint density at radius 2 is 2.27 bits per heavy atom. The monoisotopic (exact) mass is 308 g/mol. The first-order valence-electron chi connectivity index (χ1n) is 7.37. The fraction of sp³-hybridized carbons (Fsp3) is 0.500. The van der Waals surface area contributed by atoms with Crippen molar-refractivity contribution in [1.29, 1.82) is 0 Å². The van der Waals surface area contributed by atoms with Crippen molar-refractivity contribution in [2.45, 2.75) is 20.3 Å². The summed E-state index contributed by atoms with van der Waals surface area (Å²) in [5.41, 5.74) is 0.995. The van der Waals surface area contributed by atoms with Crippen molar-refractivity contribution < 1.29 is 19.1 Å². The van der Waals surface area contributed by atoms with E-state index in [1.165, 1.54) is 11.0 Å². The second-order valence-corrected chi connectivity index (χ2v) is 5.89. The summed E-state index contributed by atoms with van der Waals surface area (Å²) < 4.78 is 14.0. The molecule has 0 radical (unpaired) electrons. The lowest BCUT2D eigenvalue weighted by molar-refractivity contribution is -0.126. The zero-order valence-corrected chi connectivity index (χ0v) is 12.8. The van der Waals surface area contributed by atoms with Gasteiger partial charge in [0.15, 0.2) is 0 Å². The van der Waals surface area contributed by atoms with Crippen LogP contribution in [0.4, 0.5) is 10.1 Å². The Balaban J connectivity index is 2.03. The van der Waals surface area contributed by atoms with Crippen LogP contribution >= 0.6 is 0 Å². The maximum absolute atomic E-state index is 14.0. The number of hydrogen-bond donors (Lipinski definition) is 2. The number of nitrogens with zero attached hydrogens (tertiary/aromatic N) is 1. The van der Waals surface area contributed by atoms with E-state index in [-0.39, 0.29) is 43.0 Å². The fourth-order valence-corrected chi connectivity index (χ4v) is 2.43. The second-order valence-electron chi connectivity index (χ2n) is 5.89. The SMILES string of the molecule is Cc1ccc(N2CC(C(=O)NCC(C)CO)CC2=O)c(F)c1. The molecule has 1 aromatic rings. The van der Waals surface area contributed by atoms with E-state index in [0.717, 1.165) is 5.56 Å². The average Bonchev–Trinajstić information content (AvgIpc) is 2.86. The van der Waals surface area contributed by atoms with Crippen LogP contribution in [0.15, 0.2) is 18.2 Å². The molecule has 0 bridgehead atoms. The molecule has 1 aromatic carbocycles. The van der Waals surface area contributed by atoms with Gasteiger partial charge >= 0.3 is 0 Å². The molecule has 1 fully saturated rings. The van der Waals surface area contributed by atoms with Gasteiger partial charge in [0.05, 0.1) is 11.6 Å². The molecule has 2 amide bonds. The third-order valence-corrected chi connectivity index (χ3v) is 3.83. The highest BCUT2D eigenvalue weighted by Gasteiger charge is 2.36. The number of amides is 2. The van der Waals surface area contributed by atoms with Gasteiger partial charge in [-0.2, -0.15) is 0 Å². The van der Waals surface area contributed by atoms with Crippen LogP contribution in [0.1, 0.15) is 18.9 Å². The van der Waals surface area contributed by atoms with Crippen molar-refractivity contribution in [1.82, 2.24) is 5.32 Å². The zero-order chi connectivity index (χ0) is 16.3. The molecular formula is C16H21FN2O3. The molecule has 0 aliphatic carbocycles. The number of nitrogens with one attached hydrogen (secondary N) is 1.